The van der Waals surface area contributed by atoms with Crippen LogP contribution in [0.3, 0.4) is 0 Å². The minimum Gasteiger partial charge on any atom is -0.383 e. The number of aromatic nitrogens is 1. The Bertz CT molecular complexity index is 882. The van der Waals surface area contributed by atoms with Gasteiger partial charge in [0.25, 0.3) is 0 Å². The number of carbonyl (C=O) groups excluding carboxylic acids is 1. The van der Waals surface area contributed by atoms with Gasteiger partial charge in [0.1, 0.15) is 12.5 Å². The zero-order chi connectivity index (χ0) is 20.1. The molecule has 2 aliphatic heterocycles. The average molecular weight is 449 g/mol. The first-order valence-electron chi connectivity index (χ1n) is 9.86. The lowest BCUT2D eigenvalue weighted by molar-refractivity contribution is -0.124. The fourth-order valence-electron chi connectivity index (χ4n) is 4.04. The lowest BCUT2D eigenvalue weighted by Gasteiger charge is -2.24. The lowest BCUT2D eigenvalue weighted by Crippen LogP contribution is -2.40. The molecule has 3 heterocycles. The number of halogens is 1. The largest absolute Gasteiger partial charge is 0.383 e. The molecule has 7 heteroatoms. The van der Waals surface area contributed by atoms with Crippen LogP contribution in [0.2, 0.25) is 27.1 Å². The van der Waals surface area contributed by atoms with Crippen LogP contribution in [-0.2, 0) is 14.9 Å². The molecule has 0 aromatic carbocycles. The number of fused-ring (bicyclic) bond motifs is 2. The van der Waals surface area contributed by atoms with Crippen molar-refractivity contribution >= 4 is 35.7 Å². The van der Waals surface area contributed by atoms with Crippen LogP contribution in [0, 0.1) is 0 Å². The fraction of sp³-hybridized carbons (Fsp3) is 0.500. The van der Waals surface area contributed by atoms with Gasteiger partial charge in [-0.3, -0.25) is 9.69 Å². The van der Waals surface area contributed by atoms with Crippen molar-refractivity contribution in [3.8, 4) is 0 Å². The highest BCUT2D eigenvalue weighted by molar-refractivity contribution is 9.11. The number of hydrogen-bond acceptors (Lipinski definition) is 4. The normalized spacial score (nSPS) is 25.1. The van der Waals surface area contributed by atoms with Crippen LogP contribution in [0.5, 0.6) is 0 Å². The van der Waals surface area contributed by atoms with E-state index < -0.39 is 13.5 Å². The summed E-state index contributed by atoms with van der Waals surface area (Å²) in [5.74, 6) is 0.751. The fourth-order valence-corrected chi connectivity index (χ4v) is 5.20. The summed E-state index contributed by atoms with van der Waals surface area (Å²) in [7, 11) is -1.18. The number of amides is 1. The molecule has 0 radical (unpaired) electrons. The summed E-state index contributed by atoms with van der Waals surface area (Å²) in [5.41, 5.74) is 2.30. The number of nitrogens with zero attached hydrogens (tertiary/aromatic N) is 2. The number of dihydropyridines is 1. The minimum atomic E-state index is -1.18. The van der Waals surface area contributed by atoms with E-state index >= 15 is 0 Å². The van der Waals surface area contributed by atoms with E-state index in [1.807, 2.05) is 12.1 Å². The molecule has 1 unspecified atom stereocenters. The summed E-state index contributed by atoms with van der Waals surface area (Å²) < 4.78 is 15.2. The third-order valence-corrected chi connectivity index (χ3v) is 7.70. The van der Waals surface area contributed by atoms with Crippen LogP contribution >= 0.6 is 15.9 Å². The first-order chi connectivity index (χ1) is 13.2. The maximum atomic E-state index is 13.6. The summed E-state index contributed by atoms with van der Waals surface area (Å²) in [6, 6.07) is 4.97. The third kappa shape index (κ3) is 3.41. The van der Waals surface area contributed by atoms with E-state index in [-0.39, 0.29) is 12.6 Å². The molecule has 1 spiro atoms. The van der Waals surface area contributed by atoms with Gasteiger partial charge < -0.3 is 10.0 Å². The van der Waals surface area contributed by atoms with Crippen LogP contribution < -0.4 is 10.2 Å². The lowest BCUT2D eigenvalue weighted by atomic mass is 9.79. The SMILES string of the molecule is [2H]N1CC(Br)=CC2=C1CC1(C2)C(=O)N(COCC[Si](C)(C)C)c2ncccc21. The molecule has 144 valence electrons. The molecule has 5 nitrogen and oxygen atoms in total. The second-order valence-electron chi connectivity index (χ2n) is 8.77. The number of pyridine rings is 1. The number of allylic oxidation sites excluding steroid dienone is 3. The second-order valence-corrected chi connectivity index (χ2v) is 15.4. The first-order valence-corrected chi connectivity index (χ1v) is 13.9. The van der Waals surface area contributed by atoms with Gasteiger partial charge >= 0.3 is 0 Å². The maximum Gasteiger partial charge on any atom is 0.241 e. The first kappa shape index (κ1) is 17.6. The highest BCUT2D eigenvalue weighted by Gasteiger charge is 2.55. The van der Waals surface area contributed by atoms with E-state index in [0.717, 1.165) is 27.4 Å². The Labute approximate surface area is 171 Å². The molecule has 1 amide bonds. The molecule has 3 aliphatic rings. The maximum absolute atomic E-state index is 13.6. The minimum absolute atomic E-state index is 0.0431. The standard InChI is InChI=1S/C20H26BrN3O2Si/c1-27(2,3)8-7-26-13-24-18-16(5-4-6-22-18)20(19(24)25)10-14-9-15(21)12-23-17(14)11-20/h4-6,9,23H,7-8,10-13H2,1-3H3/i/hD. The van der Waals surface area contributed by atoms with Crippen molar-refractivity contribution in [2.24, 2.45) is 0 Å². The van der Waals surface area contributed by atoms with Gasteiger partial charge in [0.15, 0.2) is 1.41 Å². The molecular formula is C20H26BrN3O2Si. The third-order valence-electron chi connectivity index (χ3n) is 5.51. The number of carbonyl (C=O) groups is 1. The Morgan fingerprint density at radius 1 is 1.44 bits per heavy atom. The number of ether oxygens (including phenoxy) is 1. The predicted molar refractivity (Wildman–Crippen MR) is 114 cm³/mol. The van der Waals surface area contributed by atoms with E-state index in [1.165, 1.54) is 5.31 Å². The number of hydrogen-bond donors (Lipinski definition) is 1. The number of anilines is 1. The zero-order valence-electron chi connectivity index (χ0n) is 17.1. The topological polar surface area (TPSA) is 54.5 Å². The van der Waals surface area contributed by atoms with E-state index in [1.54, 1.807) is 11.1 Å². The van der Waals surface area contributed by atoms with Crippen molar-refractivity contribution in [1.29, 1.82) is 0 Å². The van der Waals surface area contributed by atoms with E-state index in [4.69, 9.17) is 6.15 Å². The molecule has 0 bridgehead atoms. The molecule has 1 aromatic heterocycles. The van der Waals surface area contributed by atoms with Crippen molar-refractivity contribution in [3.63, 3.8) is 0 Å². The molecule has 1 aromatic rings. The van der Waals surface area contributed by atoms with Crippen molar-refractivity contribution < 1.29 is 10.9 Å². The molecule has 0 fully saturated rings. The van der Waals surface area contributed by atoms with Crippen molar-refractivity contribution in [2.75, 3.05) is 24.8 Å². The van der Waals surface area contributed by atoms with Gasteiger partial charge in [-0.1, -0.05) is 41.6 Å². The van der Waals surface area contributed by atoms with Crippen molar-refractivity contribution in [3.05, 3.63) is 45.7 Å². The molecule has 27 heavy (non-hydrogen) atoms. The van der Waals surface area contributed by atoms with Gasteiger partial charge in [-0.15, -0.1) is 0 Å². The molecule has 1 N–H and O–H groups in total. The second kappa shape index (κ2) is 6.86. The summed E-state index contributed by atoms with van der Waals surface area (Å²) in [6.07, 6.45) is 4.96. The molecule has 1 atom stereocenters. The van der Waals surface area contributed by atoms with Gasteiger partial charge in [0.05, 0.1) is 5.41 Å². The van der Waals surface area contributed by atoms with Crippen LogP contribution in [0.15, 0.2) is 40.2 Å². The molecule has 1 aliphatic carbocycles. The smallest absolute Gasteiger partial charge is 0.241 e. The quantitative estimate of drug-likeness (QED) is 0.547. The Hall–Kier alpha value is -1.44. The summed E-state index contributed by atoms with van der Waals surface area (Å²) in [6.45, 7) is 8.37. The Balaban J connectivity index is 1.58. The highest BCUT2D eigenvalue weighted by Crippen LogP contribution is 2.52. The molecular weight excluding hydrogens is 422 g/mol. The van der Waals surface area contributed by atoms with Crippen LogP contribution in [0.25, 0.3) is 0 Å². The van der Waals surface area contributed by atoms with Gasteiger partial charge in [0.2, 0.25) is 5.91 Å². The van der Waals surface area contributed by atoms with Gasteiger partial charge in [-0.25, -0.2) is 4.98 Å². The Kier molecular flexibility index (Phi) is 4.48. The number of nitrogens with one attached hydrogen (secondary N) is 1. The number of rotatable bonds is 5. The predicted octanol–water partition coefficient (Wildman–Crippen LogP) is 3.91. The van der Waals surface area contributed by atoms with Gasteiger partial charge in [-0.2, -0.15) is 0 Å². The molecule has 0 saturated heterocycles. The average Bonchev–Trinajstić information content (AvgIpc) is 3.10. The summed E-state index contributed by atoms with van der Waals surface area (Å²) in [5, 5.41) is 1.50. The van der Waals surface area contributed by atoms with E-state index in [2.05, 4.69) is 46.6 Å². The van der Waals surface area contributed by atoms with E-state index in [9.17, 15) is 4.79 Å². The zero-order valence-corrected chi connectivity index (χ0v) is 18.7. The van der Waals surface area contributed by atoms with Crippen molar-refractivity contribution in [2.45, 2.75) is 43.9 Å². The highest BCUT2D eigenvalue weighted by atomic mass is 79.9. The Morgan fingerprint density at radius 2 is 2.26 bits per heavy atom. The van der Waals surface area contributed by atoms with Gasteiger partial charge in [0, 0.05) is 49.6 Å². The van der Waals surface area contributed by atoms with Crippen LogP contribution in [0.4, 0.5) is 5.82 Å². The van der Waals surface area contributed by atoms with E-state index in [0.29, 0.717) is 31.8 Å². The van der Waals surface area contributed by atoms with Crippen molar-refractivity contribution in [1.82, 2.24) is 10.3 Å². The summed E-state index contributed by atoms with van der Waals surface area (Å²) in [4.78, 5) is 19.8. The van der Waals surface area contributed by atoms with Crippen LogP contribution in [0.1, 0.15) is 18.4 Å². The summed E-state index contributed by atoms with van der Waals surface area (Å²) >= 11 is 3.52. The Morgan fingerprint density at radius 3 is 3.04 bits per heavy atom. The molecule has 0 saturated carbocycles. The van der Waals surface area contributed by atoms with Gasteiger partial charge in [-0.05, 0) is 30.2 Å². The van der Waals surface area contributed by atoms with Crippen LogP contribution in [-0.4, -0.2) is 38.8 Å². The monoisotopic (exact) mass is 448 g/mol. The molecule has 4 rings (SSSR count).